The van der Waals surface area contributed by atoms with E-state index in [1.165, 1.54) is 19.3 Å². The normalized spacial score (nSPS) is 32.2. The molecule has 2 heterocycles. The van der Waals surface area contributed by atoms with E-state index in [-0.39, 0.29) is 5.60 Å². The van der Waals surface area contributed by atoms with Gasteiger partial charge in [0.1, 0.15) is 12.2 Å². The van der Waals surface area contributed by atoms with Crippen LogP contribution in [0, 0.1) is 5.92 Å². The topological polar surface area (TPSA) is 54.2 Å². The van der Waals surface area contributed by atoms with Crippen LogP contribution in [0.25, 0.3) is 0 Å². The molecule has 0 radical (unpaired) electrons. The second kappa shape index (κ2) is 5.21. The van der Waals surface area contributed by atoms with Crippen molar-refractivity contribution in [3.63, 3.8) is 0 Å². The van der Waals surface area contributed by atoms with Gasteiger partial charge < -0.3 is 5.11 Å². The Balaban J connectivity index is 1.65. The summed E-state index contributed by atoms with van der Waals surface area (Å²) < 4.78 is 1.96. The number of rotatable bonds is 3. The molecule has 1 aromatic rings. The molecule has 106 valence electrons. The molecule has 2 atom stereocenters. The largest absolute Gasteiger partial charge is 0.390 e. The van der Waals surface area contributed by atoms with Gasteiger partial charge in [0.15, 0.2) is 0 Å². The minimum absolute atomic E-state index is 0.382. The highest BCUT2D eigenvalue weighted by molar-refractivity contribution is 4.97. The Labute approximate surface area is 114 Å². The molecule has 0 spiro atoms. The van der Waals surface area contributed by atoms with E-state index >= 15 is 0 Å². The van der Waals surface area contributed by atoms with Gasteiger partial charge in [-0.1, -0.05) is 12.8 Å². The molecule has 2 aliphatic rings. The van der Waals surface area contributed by atoms with Gasteiger partial charge in [-0.3, -0.25) is 4.90 Å². The van der Waals surface area contributed by atoms with Gasteiger partial charge in [0.05, 0.1) is 12.1 Å². The van der Waals surface area contributed by atoms with E-state index in [0.717, 1.165) is 44.8 Å². The lowest BCUT2D eigenvalue weighted by atomic mass is 9.71. The van der Waals surface area contributed by atoms with Crippen molar-refractivity contribution < 1.29 is 5.11 Å². The summed E-state index contributed by atoms with van der Waals surface area (Å²) in [4.78, 5) is 6.78. The maximum Gasteiger partial charge on any atom is 0.140 e. The van der Waals surface area contributed by atoms with E-state index in [1.54, 1.807) is 6.33 Å². The number of piperidine rings is 1. The molecule has 0 aromatic carbocycles. The third kappa shape index (κ3) is 2.54. The monoisotopic (exact) mass is 264 g/mol. The summed E-state index contributed by atoms with van der Waals surface area (Å²) >= 11 is 0. The lowest BCUT2D eigenvalue weighted by Gasteiger charge is -2.47. The molecule has 5 heteroatoms. The third-order valence-corrected chi connectivity index (χ3v) is 4.87. The number of aromatic nitrogens is 3. The molecule has 1 aliphatic carbocycles. The van der Waals surface area contributed by atoms with Crippen LogP contribution in [-0.2, 0) is 13.1 Å². The lowest BCUT2D eigenvalue weighted by Crippen LogP contribution is -2.53. The Morgan fingerprint density at radius 2 is 2.32 bits per heavy atom. The first-order valence-electron chi connectivity index (χ1n) is 7.53. The summed E-state index contributed by atoms with van der Waals surface area (Å²) in [6, 6.07) is 0. The van der Waals surface area contributed by atoms with Gasteiger partial charge in [-0.25, -0.2) is 9.67 Å². The van der Waals surface area contributed by atoms with Crippen molar-refractivity contribution >= 4 is 0 Å². The summed E-state index contributed by atoms with van der Waals surface area (Å²) in [5, 5.41) is 14.9. The van der Waals surface area contributed by atoms with Crippen molar-refractivity contribution in [3.8, 4) is 0 Å². The number of aryl methyl sites for hydroxylation is 1. The van der Waals surface area contributed by atoms with Crippen molar-refractivity contribution in [2.75, 3.05) is 13.1 Å². The number of fused-ring (bicyclic) bond motifs is 1. The minimum Gasteiger partial charge on any atom is -0.390 e. The summed E-state index contributed by atoms with van der Waals surface area (Å²) in [6.45, 7) is 5.81. The number of aliphatic hydroxyl groups is 1. The molecular weight excluding hydrogens is 240 g/mol. The lowest BCUT2D eigenvalue weighted by molar-refractivity contribution is -0.0972. The average Bonchev–Trinajstić information content (AvgIpc) is 2.86. The molecule has 0 unspecified atom stereocenters. The van der Waals surface area contributed by atoms with Crippen LogP contribution >= 0.6 is 0 Å². The van der Waals surface area contributed by atoms with Crippen LogP contribution in [0.1, 0.15) is 44.9 Å². The standard InChI is InChI=1S/C14H24N4O/c1-2-18-13(15-11-16-18)10-17-8-7-14(19)6-4-3-5-12(14)9-17/h11-12,19H,2-10H2,1H3/t12-,14-/m0/s1. The Morgan fingerprint density at radius 3 is 3.16 bits per heavy atom. The molecule has 3 rings (SSSR count). The van der Waals surface area contributed by atoms with Crippen LogP contribution in [0.2, 0.25) is 0 Å². The molecule has 1 saturated carbocycles. The van der Waals surface area contributed by atoms with Crippen molar-refractivity contribution in [1.82, 2.24) is 19.7 Å². The maximum absolute atomic E-state index is 10.7. The van der Waals surface area contributed by atoms with Gasteiger partial charge in [-0.15, -0.1) is 0 Å². The van der Waals surface area contributed by atoms with Gasteiger partial charge in [-0.2, -0.15) is 5.10 Å². The number of hydrogen-bond donors (Lipinski definition) is 1. The molecule has 1 aromatic heterocycles. The predicted molar refractivity (Wildman–Crippen MR) is 72.5 cm³/mol. The number of likely N-dealkylation sites (tertiary alicyclic amines) is 1. The molecule has 5 nitrogen and oxygen atoms in total. The average molecular weight is 264 g/mol. The molecule has 1 saturated heterocycles. The van der Waals surface area contributed by atoms with Crippen LogP contribution in [0.5, 0.6) is 0 Å². The molecule has 0 bridgehead atoms. The van der Waals surface area contributed by atoms with Crippen molar-refractivity contribution in [3.05, 3.63) is 12.2 Å². The fourth-order valence-electron chi connectivity index (χ4n) is 3.66. The first-order chi connectivity index (χ1) is 9.21. The van der Waals surface area contributed by atoms with E-state index in [0.29, 0.717) is 5.92 Å². The number of hydrogen-bond acceptors (Lipinski definition) is 4. The zero-order chi connectivity index (χ0) is 13.3. The van der Waals surface area contributed by atoms with E-state index in [9.17, 15) is 5.11 Å². The van der Waals surface area contributed by atoms with E-state index in [4.69, 9.17) is 0 Å². The first kappa shape index (κ1) is 13.1. The number of nitrogens with zero attached hydrogens (tertiary/aromatic N) is 4. The van der Waals surface area contributed by atoms with Crippen LogP contribution in [-0.4, -0.2) is 43.5 Å². The Kier molecular flexibility index (Phi) is 3.58. The molecule has 2 fully saturated rings. The molecule has 1 aliphatic heterocycles. The maximum atomic E-state index is 10.7. The SMILES string of the molecule is CCn1ncnc1CN1CC[C@@]2(O)CCCC[C@H]2C1. The predicted octanol–water partition coefficient (Wildman–Crippen LogP) is 1.42. The second-order valence-electron chi connectivity index (χ2n) is 6.02. The second-order valence-corrected chi connectivity index (χ2v) is 6.02. The smallest absolute Gasteiger partial charge is 0.140 e. The first-order valence-corrected chi connectivity index (χ1v) is 7.53. The summed E-state index contributed by atoms with van der Waals surface area (Å²) in [5.41, 5.74) is -0.382. The molecular formula is C14H24N4O. The van der Waals surface area contributed by atoms with Gasteiger partial charge >= 0.3 is 0 Å². The summed E-state index contributed by atoms with van der Waals surface area (Å²) in [6.07, 6.45) is 7.19. The zero-order valence-corrected chi connectivity index (χ0v) is 11.8. The van der Waals surface area contributed by atoms with Crippen molar-refractivity contribution in [1.29, 1.82) is 0 Å². The van der Waals surface area contributed by atoms with Crippen LogP contribution in [0.3, 0.4) is 0 Å². The fraction of sp³-hybridized carbons (Fsp3) is 0.857. The van der Waals surface area contributed by atoms with E-state index < -0.39 is 0 Å². The minimum atomic E-state index is -0.382. The summed E-state index contributed by atoms with van der Waals surface area (Å²) in [5.74, 6) is 1.50. The van der Waals surface area contributed by atoms with Gasteiger partial charge in [0.25, 0.3) is 0 Å². The van der Waals surface area contributed by atoms with Gasteiger partial charge in [-0.05, 0) is 26.2 Å². The third-order valence-electron chi connectivity index (χ3n) is 4.87. The van der Waals surface area contributed by atoms with Crippen LogP contribution in [0.4, 0.5) is 0 Å². The molecule has 0 amide bonds. The highest BCUT2D eigenvalue weighted by Gasteiger charge is 2.42. The van der Waals surface area contributed by atoms with E-state index in [1.807, 2.05) is 4.68 Å². The Bertz CT molecular complexity index is 433. The van der Waals surface area contributed by atoms with Crippen molar-refractivity contribution in [2.24, 2.45) is 5.92 Å². The quantitative estimate of drug-likeness (QED) is 0.897. The summed E-state index contributed by atoms with van der Waals surface area (Å²) in [7, 11) is 0. The Morgan fingerprint density at radius 1 is 1.42 bits per heavy atom. The molecule has 19 heavy (non-hydrogen) atoms. The van der Waals surface area contributed by atoms with Gasteiger partial charge in [0.2, 0.25) is 0 Å². The van der Waals surface area contributed by atoms with Crippen LogP contribution < -0.4 is 0 Å². The zero-order valence-electron chi connectivity index (χ0n) is 11.8. The van der Waals surface area contributed by atoms with Crippen LogP contribution in [0.15, 0.2) is 6.33 Å². The van der Waals surface area contributed by atoms with E-state index in [2.05, 4.69) is 21.9 Å². The molecule has 1 N–H and O–H groups in total. The Hall–Kier alpha value is -0.940. The highest BCUT2D eigenvalue weighted by Crippen LogP contribution is 2.39. The van der Waals surface area contributed by atoms with Crippen molar-refractivity contribution in [2.45, 2.75) is 57.7 Å². The fourth-order valence-corrected chi connectivity index (χ4v) is 3.66. The highest BCUT2D eigenvalue weighted by atomic mass is 16.3. The van der Waals surface area contributed by atoms with Gasteiger partial charge in [0, 0.05) is 25.6 Å².